The third-order valence-corrected chi connectivity index (χ3v) is 5.33. The van der Waals surface area contributed by atoms with Gasteiger partial charge in [0.2, 0.25) is 0 Å². The molecule has 1 N–H and O–H groups in total. The van der Waals surface area contributed by atoms with E-state index in [0.29, 0.717) is 16.4 Å². The number of nitrogens with zero attached hydrogens (tertiary/aromatic N) is 1. The molecule has 27 heavy (non-hydrogen) atoms. The van der Waals surface area contributed by atoms with Gasteiger partial charge in [0.15, 0.2) is 0 Å². The van der Waals surface area contributed by atoms with E-state index in [1.54, 1.807) is 30.3 Å². The fraction of sp³-hybridized carbons (Fsp3) is 0.238. The van der Waals surface area contributed by atoms with E-state index in [-0.39, 0.29) is 10.7 Å². The van der Waals surface area contributed by atoms with Crippen molar-refractivity contribution in [1.82, 2.24) is 0 Å². The molecular weight excluding hydrogens is 383 g/mol. The molecule has 3 rings (SSSR count). The molecule has 0 fully saturated rings. The molecule has 0 aliphatic carbocycles. The summed E-state index contributed by atoms with van der Waals surface area (Å²) in [7, 11) is 0. The predicted octanol–water partition coefficient (Wildman–Crippen LogP) is 5.43. The van der Waals surface area contributed by atoms with Crippen LogP contribution in [0, 0.1) is 6.92 Å². The van der Waals surface area contributed by atoms with E-state index in [1.165, 1.54) is 5.56 Å². The predicted molar refractivity (Wildman–Crippen MR) is 110 cm³/mol. The number of halogens is 2. The molecule has 2 aromatic rings. The number of benzene rings is 2. The van der Waals surface area contributed by atoms with E-state index in [1.807, 2.05) is 19.1 Å². The minimum absolute atomic E-state index is 0.0575. The van der Waals surface area contributed by atoms with Gasteiger partial charge in [-0.3, -0.25) is 9.59 Å². The Bertz CT molecular complexity index is 920. The van der Waals surface area contributed by atoms with Gasteiger partial charge in [0.05, 0.1) is 5.69 Å². The molecule has 0 bridgehead atoms. The second-order valence-corrected chi connectivity index (χ2v) is 7.23. The second kappa shape index (κ2) is 8.15. The molecule has 0 radical (unpaired) electrons. The van der Waals surface area contributed by atoms with Crippen LogP contribution in [0.5, 0.6) is 0 Å². The van der Waals surface area contributed by atoms with Crippen LogP contribution in [0.2, 0.25) is 5.02 Å². The summed E-state index contributed by atoms with van der Waals surface area (Å²) in [6, 6.07) is 12.7. The number of carbonyl (C=O) groups is 2. The lowest BCUT2D eigenvalue weighted by Crippen LogP contribution is -2.32. The minimum Gasteiger partial charge on any atom is -0.349 e. The van der Waals surface area contributed by atoms with Crippen molar-refractivity contribution in [1.29, 1.82) is 0 Å². The molecule has 2 aromatic carbocycles. The summed E-state index contributed by atoms with van der Waals surface area (Å²) in [5.74, 6) is -1.02. The Labute approximate surface area is 168 Å². The molecule has 1 aliphatic rings. The first kappa shape index (κ1) is 19.5. The molecule has 6 heteroatoms. The third-order valence-electron chi connectivity index (χ3n) is 4.57. The molecular formula is C21H20Cl2N2O2. The Morgan fingerprint density at radius 2 is 1.70 bits per heavy atom. The second-order valence-electron chi connectivity index (χ2n) is 6.44. The number of amides is 2. The summed E-state index contributed by atoms with van der Waals surface area (Å²) in [4.78, 5) is 26.5. The Balaban J connectivity index is 1.84. The fourth-order valence-electron chi connectivity index (χ4n) is 2.92. The van der Waals surface area contributed by atoms with Gasteiger partial charge in [0.25, 0.3) is 11.8 Å². The van der Waals surface area contributed by atoms with Gasteiger partial charge in [-0.15, -0.1) is 0 Å². The smallest absolute Gasteiger partial charge is 0.283 e. The lowest BCUT2D eigenvalue weighted by atomic mass is 10.1. The average molecular weight is 403 g/mol. The number of unbranched alkanes of at least 4 members (excludes halogenated alkanes) is 1. The number of carbonyl (C=O) groups excluding carboxylic acids is 2. The maximum Gasteiger partial charge on any atom is 0.283 e. The molecule has 2 amide bonds. The largest absolute Gasteiger partial charge is 0.349 e. The topological polar surface area (TPSA) is 49.4 Å². The van der Waals surface area contributed by atoms with Crippen molar-refractivity contribution >= 4 is 46.4 Å². The first-order valence-electron chi connectivity index (χ1n) is 8.83. The van der Waals surface area contributed by atoms with Crippen LogP contribution in [0.4, 0.5) is 11.4 Å². The van der Waals surface area contributed by atoms with Crippen LogP contribution in [0.25, 0.3) is 0 Å². The number of aryl methyl sites for hydroxylation is 1. The number of imide groups is 1. The van der Waals surface area contributed by atoms with Gasteiger partial charge in [-0.05, 0) is 55.2 Å². The van der Waals surface area contributed by atoms with Crippen LogP contribution in [-0.2, 0) is 16.0 Å². The van der Waals surface area contributed by atoms with Crippen molar-refractivity contribution in [2.45, 2.75) is 33.1 Å². The molecule has 1 heterocycles. The first-order chi connectivity index (χ1) is 12.9. The van der Waals surface area contributed by atoms with Crippen LogP contribution in [0.3, 0.4) is 0 Å². The number of nitrogens with one attached hydrogen (secondary N) is 1. The summed E-state index contributed by atoms with van der Waals surface area (Å²) >= 11 is 12.3. The van der Waals surface area contributed by atoms with Crippen LogP contribution >= 0.6 is 23.2 Å². The lowest BCUT2D eigenvalue weighted by molar-refractivity contribution is -0.120. The van der Waals surface area contributed by atoms with E-state index in [4.69, 9.17) is 23.2 Å². The monoisotopic (exact) mass is 402 g/mol. The van der Waals surface area contributed by atoms with E-state index < -0.39 is 11.8 Å². The van der Waals surface area contributed by atoms with E-state index >= 15 is 0 Å². The quantitative estimate of drug-likeness (QED) is 0.655. The van der Waals surface area contributed by atoms with Crippen LogP contribution in [-0.4, -0.2) is 11.8 Å². The van der Waals surface area contributed by atoms with E-state index in [0.717, 1.165) is 29.7 Å². The van der Waals surface area contributed by atoms with Crippen molar-refractivity contribution in [2.24, 2.45) is 0 Å². The molecule has 0 saturated heterocycles. The zero-order valence-corrected chi connectivity index (χ0v) is 16.7. The van der Waals surface area contributed by atoms with Gasteiger partial charge in [-0.2, -0.15) is 0 Å². The third kappa shape index (κ3) is 3.87. The van der Waals surface area contributed by atoms with Gasteiger partial charge < -0.3 is 5.32 Å². The number of hydrogen-bond acceptors (Lipinski definition) is 3. The van der Waals surface area contributed by atoms with Crippen molar-refractivity contribution in [3.8, 4) is 0 Å². The SMILES string of the molecule is CCCCc1ccc(N2C(=O)C(Cl)=C(Nc3cccc(Cl)c3C)C2=O)cc1. The van der Waals surface area contributed by atoms with Crippen molar-refractivity contribution in [2.75, 3.05) is 10.2 Å². The average Bonchev–Trinajstić information content (AvgIpc) is 2.87. The summed E-state index contributed by atoms with van der Waals surface area (Å²) in [6.45, 7) is 3.97. The molecule has 0 atom stereocenters. The summed E-state index contributed by atoms with van der Waals surface area (Å²) in [6.07, 6.45) is 3.18. The van der Waals surface area contributed by atoms with Crippen molar-refractivity contribution in [3.63, 3.8) is 0 Å². The Morgan fingerprint density at radius 3 is 2.37 bits per heavy atom. The van der Waals surface area contributed by atoms with E-state index in [2.05, 4.69) is 12.2 Å². The standard InChI is InChI=1S/C21H20Cl2N2O2/c1-3-4-6-14-9-11-15(12-10-14)25-20(26)18(23)19(21(25)27)24-17-8-5-7-16(22)13(17)2/h5,7-12,24H,3-4,6H2,1-2H3. The molecule has 4 nitrogen and oxygen atoms in total. The van der Waals surface area contributed by atoms with Gasteiger partial charge >= 0.3 is 0 Å². The lowest BCUT2D eigenvalue weighted by Gasteiger charge is -2.16. The summed E-state index contributed by atoms with van der Waals surface area (Å²) < 4.78 is 0. The molecule has 140 valence electrons. The van der Waals surface area contributed by atoms with Gasteiger partial charge in [0.1, 0.15) is 10.7 Å². The van der Waals surface area contributed by atoms with E-state index in [9.17, 15) is 9.59 Å². The van der Waals surface area contributed by atoms with Crippen molar-refractivity contribution < 1.29 is 9.59 Å². The minimum atomic E-state index is -0.537. The summed E-state index contributed by atoms with van der Waals surface area (Å²) in [5, 5.41) is 3.40. The number of anilines is 2. The van der Waals surface area contributed by atoms with Crippen LogP contribution < -0.4 is 10.2 Å². The molecule has 0 unspecified atom stereocenters. The Hall–Kier alpha value is -2.30. The number of hydrogen-bond donors (Lipinski definition) is 1. The highest BCUT2D eigenvalue weighted by atomic mass is 35.5. The Kier molecular flexibility index (Phi) is 5.88. The van der Waals surface area contributed by atoms with Crippen LogP contribution in [0.15, 0.2) is 53.2 Å². The summed E-state index contributed by atoms with van der Waals surface area (Å²) in [5.41, 5.74) is 3.14. The maximum absolute atomic E-state index is 12.9. The molecule has 0 saturated carbocycles. The molecule has 0 spiro atoms. The van der Waals surface area contributed by atoms with Gasteiger partial charge in [-0.1, -0.05) is 54.7 Å². The highest BCUT2D eigenvalue weighted by Crippen LogP contribution is 2.32. The molecule has 1 aliphatic heterocycles. The van der Waals surface area contributed by atoms with Gasteiger partial charge in [-0.25, -0.2) is 4.90 Å². The maximum atomic E-state index is 12.9. The zero-order valence-electron chi connectivity index (χ0n) is 15.2. The first-order valence-corrected chi connectivity index (χ1v) is 9.59. The normalized spacial score (nSPS) is 14.3. The number of rotatable bonds is 6. The highest BCUT2D eigenvalue weighted by molar-refractivity contribution is 6.53. The zero-order chi connectivity index (χ0) is 19.6. The Morgan fingerprint density at radius 1 is 1.00 bits per heavy atom. The van der Waals surface area contributed by atoms with Crippen molar-refractivity contribution in [3.05, 3.63) is 69.3 Å². The van der Waals surface area contributed by atoms with Crippen LogP contribution in [0.1, 0.15) is 30.9 Å². The fourth-order valence-corrected chi connectivity index (χ4v) is 3.30. The van der Waals surface area contributed by atoms with Gasteiger partial charge in [0, 0.05) is 10.7 Å². The molecule has 0 aromatic heterocycles. The highest BCUT2D eigenvalue weighted by Gasteiger charge is 2.39.